The van der Waals surface area contributed by atoms with Crippen molar-refractivity contribution in [3.63, 3.8) is 0 Å². The summed E-state index contributed by atoms with van der Waals surface area (Å²) in [5, 5.41) is 5.97. The van der Waals surface area contributed by atoms with Crippen molar-refractivity contribution in [1.82, 2.24) is 10.4 Å². The Kier molecular flexibility index (Phi) is 8.44. The fourth-order valence-corrected chi connectivity index (χ4v) is 4.86. The van der Waals surface area contributed by atoms with Crippen LogP contribution in [0.2, 0.25) is 5.02 Å². The molecule has 0 spiro atoms. The van der Waals surface area contributed by atoms with E-state index in [1.165, 1.54) is 24.3 Å². The lowest BCUT2D eigenvalue weighted by Crippen LogP contribution is -2.43. The van der Waals surface area contributed by atoms with Crippen molar-refractivity contribution in [2.24, 2.45) is 10.6 Å². The number of fused-ring (bicyclic) bond motifs is 1. The van der Waals surface area contributed by atoms with Gasteiger partial charge in [0.15, 0.2) is 0 Å². The average molecular weight is 632 g/mol. The van der Waals surface area contributed by atoms with E-state index in [0.717, 1.165) is 6.07 Å². The van der Waals surface area contributed by atoms with Gasteiger partial charge in [0.1, 0.15) is 0 Å². The number of nitrogens with zero attached hydrogens (tertiary/aromatic N) is 2. The van der Waals surface area contributed by atoms with E-state index in [1.807, 2.05) is 0 Å². The summed E-state index contributed by atoms with van der Waals surface area (Å²) in [6.45, 7) is 4.34. The lowest BCUT2D eigenvalue weighted by molar-refractivity contribution is -0.276. The molecule has 1 heterocycles. The number of amides is 2. The quantitative estimate of drug-likeness (QED) is 0.225. The Morgan fingerprint density at radius 2 is 1.65 bits per heavy atom. The predicted molar refractivity (Wildman–Crippen MR) is 145 cm³/mol. The zero-order valence-corrected chi connectivity index (χ0v) is 23.7. The lowest BCUT2D eigenvalue weighted by atomic mass is 9.84. The Balaban J connectivity index is 1.66. The number of benzene rings is 3. The molecular formula is C29H25ClF7N3O3. The summed E-state index contributed by atoms with van der Waals surface area (Å²) in [5.41, 5.74) is -6.12. The monoisotopic (exact) mass is 631 g/mol. The van der Waals surface area contributed by atoms with Gasteiger partial charge in [0.2, 0.25) is 0 Å². The van der Waals surface area contributed by atoms with Gasteiger partial charge in [0, 0.05) is 28.1 Å². The molecule has 0 radical (unpaired) electrons. The smallest absolute Gasteiger partial charge is 0.374 e. The molecule has 230 valence electrons. The highest BCUT2D eigenvalue weighted by Crippen LogP contribution is 2.50. The molecule has 43 heavy (non-hydrogen) atoms. The number of halogens is 8. The first-order valence-electron chi connectivity index (χ1n) is 12.8. The van der Waals surface area contributed by atoms with E-state index in [2.05, 4.69) is 10.5 Å². The molecule has 2 amide bonds. The predicted octanol–water partition coefficient (Wildman–Crippen LogP) is 7.58. The maximum absolute atomic E-state index is 14.5. The van der Waals surface area contributed by atoms with Crippen LogP contribution in [0.25, 0.3) is 10.8 Å². The molecule has 0 bridgehead atoms. The van der Waals surface area contributed by atoms with Crippen molar-refractivity contribution < 1.29 is 45.3 Å². The SMILES string of the molecule is CC(C)(C)CN(F)C(=O)CNC(=O)c1ccc(C2=NOC(c3cc(Cl)cc(C(F)(F)F)c3)(C(F)(F)F)C2)c2ccccc12. The highest BCUT2D eigenvalue weighted by Gasteiger charge is 2.62. The summed E-state index contributed by atoms with van der Waals surface area (Å²) in [4.78, 5) is 30.0. The average Bonchev–Trinajstić information content (AvgIpc) is 3.36. The number of hydrogen-bond acceptors (Lipinski definition) is 4. The lowest BCUT2D eigenvalue weighted by Gasteiger charge is -2.30. The van der Waals surface area contributed by atoms with Gasteiger partial charge < -0.3 is 10.2 Å². The third-order valence-corrected chi connectivity index (χ3v) is 6.86. The third kappa shape index (κ3) is 6.71. The summed E-state index contributed by atoms with van der Waals surface area (Å²) in [5.74, 6) is -1.71. The van der Waals surface area contributed by atoms with Crippen LogP contribution < -0.4 is 5.32 Å². The van der Waals surface area contributed by atoms with Gasteiger partial charge in [0.25, 0.3) is 17.4 Å². The number of carbonyl (C=O) groups excluding carboxylic acids is 2. The van der Waals surface area contributed by atoms with E-state index in [1.54, 1.807) is 32.9 Å². The molecular weight excluding hydrogens is 607 g/mol. The van der Waals surface area contributed by atoms with Crippen molar-refractivity contribution in [2.75, 3.05) is 13.1 Å². The van der Waals surface area contributed by atoms with Crippen molar-refractivity contribution in [2.45, 2.75) is 45.1 Å². The number of hydrogen-bond donors (Lipinski definition) is 1. The summed E-state index contributed by atoms with van der Waals surface area (Å²) >= 11 is 5.77. The van der Waals surface area contributed by atoms with Crippen LogP contribution in [0.4, 0.5) is 30.8 Å². The molecule has 0 aliphatic carbocycles. The summed E-state index contributed by atoms with van der Waals surface area (Å²) in [6.07, 6.45) is -11.2. The largest absolute Gasteiger partial charge is 0.435 e. The van der Waals surface area contributed by atoms with Crippen LogP contribution in [-0.4, -0.2) is 41.9 Å². The minimum atomic E-state index is -5.20. The van der Waals surface area contributed by atoms with Crippen LogP contribution in [0.1, 0.15) is 54.2 Å². The van der Waals surface area contributed by atoms with Crippen LogP contribution in [0.5, 0.6) is 0 Å². The molecule has 1 aliphatic rings. The molecule has 1 atom stereocenters. The molecule has 1 N–H and O–H groups in total. The van der Waals surface area contributed by atoms with Gasteiger partial charge in [-0.25, -0.2) is 0 Å². The van der Waals surface area contributed by atoms with E-state index in [-0.39, 0.29) is 39.3 Å². The second-order valence-electron chi connectivity index (χ2n) is 11.2. The molecule has 14 heteroatoms. The Morgan fingerprint density at radius 1 is 1.00 bits per heavy atom. The second-order valence-corrected chi connectivity index (χ2v) is 11.7. The number of nitrogens with one attached hydrogen (secondary N) is 1. The Morgan fingerprint density at radius 3 is 2.26 bits per heavy atom. The van der Waals surface area contributed by atoms with Crippen LogP contribution in [-0.2, 0) is 21.4 Å². The van der Waals surface area contributed by atoms with Crippen molar-refractivity contribution >= 4 is 39.9 Å². The number of oxime groups is 1. The molecule has 1 aliphatic heterocycles. The molecule has 0 saturated carbocycles. The first-order valence-corrected chi connectivity index (χ1v) is 13.2. The number of carbonyl (C=O) groups is 2. The fraction of sp³-hybridized carbons (Fsp3) is 0.345. The van der Waals surface area contributed by atoms with Gasteiger partial charge in [-0.05, 0) is 40.5 Å². The molecule has 1 unspecified atom stereocenters. The van der Waals surface area contributed by atoms with Crippen molar-refractivity contribution in [3.05, 3.63) is 81.9 Å². The molecule has 6 nitrogen and oxygen atoms in total. The Bertz CT molecular complexity index is 1600. The highest BCUT2D eigenvalue weighted by atomic mass is 35.5. The van der Waals surface area contributed by atoms with Gasteiger partial charge in [-0.15, -0.1) is 0 Å². The van der Waals surface area contributed by atoms with E-state index in [0.29, 0.717) is 12.1 Å². The van der Waals surface area contributed by atoms with Crippen LogP contribution in [0.3, 0.4) is 0 Å². The van der Waals surface area contributed by atoms with Gasteiger partial charge in [-0.1, -0.05) is 72.3 Å². The second kappa shape index (κ2) is 11.3. The zero-order chi connectivity index (χ0) is 32.0. The summed E-state index contributed by atoms with van der Waals surface area (Å²) in [6, 6.07) is 10.3. The zero-order valence-electron chi connectivity index (χ0n) is 23.0. The molecule has 0 saturated heterocycles. The molecule has 0 fully saturated rings. The third-order valence-electron chi connectivity index (χ3n) is 6.64. The maximum Gasteiger partial charge on any atom is 0.435 e. The van der Waals surface area contributed by atoms with Gasteiger partial charge >= 0.3 is 12.4 Å². The maximum atomic E-state index is 14.5. The van der Waals surface area contributed by atoms with Crippen LogP contribution in [0.15, 0.2) is 59.8 Å². The molecule has 3 aromatic carbocycles. The van der Waals surface area contributed by atoms with Crippen LogP contribution >= 0.6 is 11.6 Å². The standard InChI is InChI=1S/C29H25ClF7N3O3/c1-26(2,3)15-40(37)24(41)14-38-25(42)22-9-8-21(19-6-4-5-7-20(19)22)23-13-27(43-39-23,29(34,35)36)16-10-17(28(31,32)33)12-18(30)11-16/h4-12H,13-15H2,1-3H3,(H,38,42). The van der Waals surface area contributed by atoms with E-state index in [4.69, 9.17) is 16.4 Å². The van der Waals surface area contributed by atoms with E-state index in [9.17, 15) is 40.4 Å². The first kappa shape index (κ1) is 32.1. The normalized spacial score (nSPS) is 17.4. The first-order chi connectivity index (χ1) is 19.8. The molecule has 3 aromatic rings. The van der Waals surface area contributed by atoms with Crippen LogP contribution in [0, 0.1) is 5.41 Å². The van der Waals surface area contributed by atoms with Gasteiger partial charge in [0.05, 0.1) is 24.4 Å². The van der Waals surface area contributed by atoms with Gasteiger partial charge in [-0.2, -0.15) is 31.5 Å². The fourth-order valence-electron chi connectivity index (χ4n) is 4.62. The number of alkyl halides is 6. The minimum Gasteiger partial charge on any atom is -0.374 e. The summed E-state index contributed by atoms with van der Waals surface area (Å²) < 4.78 is 97.8. The van der Waals surface area contributed by atoms with E-state index < -0.39 is 64.3 Å². The Hall–Kier alpha value is -3.87. The molecule has 0 aromatic heterocycles. The highest BCUT2D eigenvalue weighted by molar-refractivity contribution is 6.30. The number of rotatable bonds is 6. The van der Waals surface area contributed by atoms with E-state index >= 15 is 0 Å². The Labute approximate surface area is 246 Å². The molecule has 4 rings (SSSR count). The minimum absolute atomic E-state index is 0.00418. The van der Waals surface area contributed by atoms with Crippen molar-refractivity contribution in [1.29, 1.82) is 0 Å². The topological polar surface area (TPSA) is 71.0 Å². The summed E-state index contributed by atoms with van der Waals surface area (Å²) in [7, 11) is 0. The van der Waals surface area contributed by atoms with Crippen molar-refractivity contribution in [3.8, 4) is 0 Å². The van der Waals surface area contributed by atoms with Gasteiger partial charge in [-0.3, -0.25) is 9.59 Å².